The Balaban J connectivity index is 1.49. The molecule has 1 N–H and O–H groups in total. The molecule has 5 atom stereocenters. The van der Waals surface area contributed by atoms with E-state index in [0.29, 0.717) is 13.2 Å². The highest BCUT2D eigenvalue weighted by atomic mass is 16.7. The molecule has 4 aromatic carbocycles. The number of hydrogen-bond acceptors (Lipinski definition) is 6. The summed E-state index contributed by atoms with van der Waals surface area (Å²) in [5.41, 5.74) is 2.90. The maximum Gasteiger partial charge on any atom is 0.186 e. The lowest BCUT2D eigenvalue weighted by molar-refractivity contribution is -0.319. The summed E-state index contributed by atoms with van der Waals surface area (Å²) in [6, 6.07) is 40.2. The van der Waals surface area contributed by atoms with Crippen LogP contribution in [0.25, 0.3) is 0 Å². The second kappa shape index (κ2) is 15.2. The smallest absolute Gasteiger partial charge is 0.186 e. The Kier molecular flexibility index (Phi) is 10.9. The number of aliphatic hydroxyl groups is 1. The van der Waals surface area contributed by atoms with Gasteiger partial charge in [-0.25, -0.2) is 0 Å². The highest BCUT2D eigenvalue weighted by Crippen LogP contribution is 2.41. The third-order valence-electron chi connectivity index (χ3n) is 7.65. The quantitative estimate of drug-likeness (QED) is 0.140. The van der Waals surface area contributed by atoms with Gasteiger partial charge < -0.3 is 28.8 Å². The predicted octanol–water partition coefficient (Wildman–Crippen LogP) is 6.27. The van der Waals surface area contributed by atoms with Crippen LogP contribution >= 0.6 is 0 Å². The molecule has 4 aromatic rings. The van der Waals surface area contributed by atoms with Crippen LogP contribution in [0.5, 0.6) is 0 Å². The maximum absolute atomic E-state index is 11.8. The highest BCUT2D eigenvalue weighted by molar-refractivity contribution is 5.47. The monoisotopic (exact) mass is 580 g/mol. The van der Waals surface area contributed by atoms with Gasteiger partial charge in [0, 0.05) is 6.61 Å². The summed E-state index contributed by atoms with van der Waals surface area (Å²) in [6.45, 7) is 6.69. The lowest BCUT2D eigenvalue weighted by Crippen LogP contribution is -2.61. The standard InChI is InChI=1S/C37H40O6/c1-3-25-40-35-34(41-26-28-17-9-5-10-18-28)33(38)32(43-36(35)39-4-2)27-42-37(29-19-11-6-12-20-29,30-21-13-7-14-22-30)31-23-15-8-16-24-31/h3,5-24,32-36,38H,1,4,25-27H2,2H3/t32-,33+,34+,35-,36+/m1/s1. The number of rotatable bonds is 14. The minimum Gasteiger partial charge on any atom is -0.387 e. The number of ether oxygens (including phenoxy) is 5. The van der Waals surface area contributed by atoms with Gasteiger partial charge in [0.15, 0.2) is 6.29 Å². The van der Waals surface area contributed by atoms with Crippen molar-refractivity contribution in [3.05, 3.63) is 156 Å². The lowest BCUT2D eigenvalue weighted by Gasteiger charge is -2.45. The fraction of sp³-hybridized carbons (Fsp3) is 0.297. The number of benzene rings is 4. The third-order valence-corrected chi connectivity index (χ3v) is 7.65. The van der Waals surface area contributed by atoms with E-state index in [1.165, 1.54) is 0 Å². The average Bonchev–Trinajstić information content (AvgIpc) is 3.07. The SMILES string of the molecule is C=CCO[C@H]1[C@@H](OCC)O[C@H](COC(c2ccccc2)(c2ccccc2)c2ccccc2)[C@H](O)[C@@H]1OCc1ccccc1. The van der Waals surface area contributed by atoms with Crippen molar-refractivity contribution in [2.75, 3.05) is 19.8 Å². The van der Waals surface area contributed by atoms with Crippen LogP contribution in [-0.4, -0.2) is 55.6 Å². The Morgan fingerprint density at radius 2 is 1.23 bits per heavy atom. The molecule has 1 fully saturated rings. The summed E-state index contributed by atoms with van der Waals surface area (Å²) in [5, 5.41) is 11.8. The van der Waals surface area contributed by atoms with Gasteiger partial charge in [-0.3, -0.25) is 0 Å². The minimum absolute atomic E-state index is 0.0583. The van der Waals surface area contributed by atoms with Crippen molar-refractivity contribution in [1.29, 1.82) is 0 Å². The maximum atomic E-state index is 11.8. The molecule has 0 saturated carbocycles. The van der Waals surface area contributed by atoms with Gasteiger partial charge >= 0.3 is 0 Å². The summed E-state index contributed by atoms with van der Waals surface area (Å²) < 4.78 is 31.8. The zero-order valence-corrected chi connectivity index (χ0v) is 24.5. The van der Waals surface area contributed by atoms with E-state index in [-0.39, 0.29) is 13.2 Å². The van der Waals surface area contributed by atoms with Crippen molar-refractivity contribution >= 4 is 0 Å². The molecule has 0 bridgehead atoms. The van der Waals surface area contributed by atoms with E-state index >= 15 is 0 Å². The molecule has 6 nitrogen and oxygen atoms in total. The minimum atomic E-state index is -1.06. The first-order chi connectivity index (χ1) is 21.2. The normalized spacial score (nSPS) is 22.2. The molecule has 1 aliphatic rings. The van der Waals surface area contributed by atoms with Gasteiger partial charge in [-0.15, -0.1) is 6.58 Å². The first kappa shape index (κ1) is 30.8. The molecule has 0 aliphatic carbocycles. The molecule has 0 unspecified atom stereocenters. The van der Waals surface area contributed by atoms with Gasteiger partial charge in [-0.2, -0.15) is 0 Å². The molecule has 6 heteroatoms. The van der Waals surface area contributed by atoms with Crippen LogP contribution in [0.15, 0.2) is 134 Å². The molecule has 0 aromatic heterocycles. The molecular formula is C37H40O6. The van der Waals surface area contributed by atoms with Crippen molar-refractivity contribution in [1.82, 2.24) is 0 Å². The molecule has 224 valence electrons. The molecule has 1 aliphatic heterocycles. The second-order valence-corrected chi connectivity index (χ2v) is 10.4. The highest BCUT2D eigenvalue weighted by Gasteiger charge is 2.49. The van der Waals surface area contributed by atoms with Crippen LogP contribution < -0.4 is 0 Å². The summed E-state index contributed by atoms with van der Waals surface area (Å²) >= 11 is 0. The van der Waals surface area contributed by atoms with Crippen LogP contribution in [0.1, 0.15) is 29.2 Å². The van der Waals surface area contributed by atoms with E-state index in [9.17, 15) is 5.11 Å². The Bertz CT molecular complexity index is 1270. The van der Waals surface area contributed by atoms with Crippen molar-refractivity contribution in [3.63, 3.8) is 0 Å². The zero-order valence-electron chi connectivity index (χ0n) is 24.5. The van der Waals surface area contributed by atoms with Gasteiger partial charge in [0.1, 0.15) is 30.0 Å². The van der Waals surface area contributed by atoms with Crippen molar-refractivity contribution < 1.29 is 28.8 Å². The second-order valence-electron chi connectivity index (χ2n) is 10.4. The van der Waals surface area contributed by atoms with E-state index in [4.69, 9.17) is 23.7 Å². The number of aliphatic hydroxyl groups excluding tert-OH is 1. The summed E-state index contributed by atoms with van der Waals surface area (Å²) in [4.78, 5) is 0. The molecule has 1 heterocycles. The zero-order chi connectivity index (χ0) is 29.9. The molecular weight excluding hydrogens is 540 g/mol. The molecule has 5 rings (SSSR count). The van der Waals surface area contributed by atoms with E-state index < -0.39 is 36.3 Å². The van der Waals surface area contributed by atoms with Crippen LogP contribution in [0.4, 0.5) is 0 Å². The molecule has 43 heavy (non-hydrogen) atoms. The van der Waals surface area contributed by atoms with Gasteiger partial charge in [0.2, 0.25) is 0 Å². The predicted molar refractivity (Wildman–Crippen MR) is 166 cm³/mol. The van der Waals surface area contributed by atoms with E-state index in [2.05, 4.69) is 43.0 Å². The Hall–Kier alpha value is -3.62. The van der Waals surface area contributed by atoms with Gasteiger partial charge in [-0.1, -0.05) is 127 Å². The molecule has 0 amide bonds. The van der Waals surface area contributed by atoms with E-state index in [1.54, 1.807) is 6.08 Å². The average molecular weight is 581 g/mol. The van der Waals surface area contributed by atoms with Gasteiger partial charge in [0.25, 0.3) is 0 Å². The van der Waals surface area contributed by atoms with Gasteiger partial charge in [0.05, 0.1) is 19.8 Å². The van der Waals surface area contributed by atoms with Crippen LogP contribution in [-0.2, 0) is 35.9 Å². The fourth-order valence-corrected chi connectivity index (χ4v) is 5.62. The van der Waals surface area contributed by atoms with Crippen molar-refractivity contribution in [2.24, 2.45) is 0 Å². The third kappa shape index (κ3) is 7.13. The van der Waals surface area contributed by atoms with Crippen molar-refractivity contribution in [2.45, 2.75) is 49.8 Å². The van der Waals surface area contributed by atoms with Crippen LogP contribution in [0.2, 0.25) is 0 Å². The lowest BCUT2D eigenvalue weighted by atomic mass is 9.80. The van der Waals surface area contributed by atoms with E-state index in [0.717, 1.165) is 22.3 Å². The largest absolute Gasteiger partial charge is 0.387 e. The number of hydrogen-bond donors (Lipinski definition) is 1. The Morgan fingerprint density at radius 1 is 0.721 bits per heavy atom. The Morgan fingerprint density at radius 3 is 1.72 bits per heavy atom. The fourth-order valence-electron chi connectivity index (χ4n) is 5.62. The first-order valence-corrected chi connectivity index (χ1v) is 14.8. The molecule has 0 radical (unpaired) electrons. The van der Waals surface area contributed by atoms with Crippen LogP contribution in [0, 0.1) is 0 Å². The summed E-state index contributed by atoms with van der Waals surface area (Å²) in [5.74, 6) is 0. The molecule has 0 spiro atoms. The summed E-state index contributed by atoms with van der Waals surface area (Å²) in [6.07, 6.45) is -2.35. The Labute approximate surface area is 254 Å². The first-order valence-electron chi connectivity index (χ1n) is 14.8. The summed E-state index contributed by atoms with van der Waals surface area (Å²) in [7, 11) is 0. The van der Waals surface area contributed by atoms with Crippen LogP contribution in [0.3, 0.4) is 0 Å². The molecule has 1 saturated heterocycles. The van der Waals surface area contributed by atoms with Gasteiger partial charge in [-0.05, 0) is 29.2 Å². The van der Waals surface area contributed by atoms with E-state index in [1.807, 2.05) is 91.9 Å². The topological polar surface area (TPSA) is 66.4 Å². The van der Waals surface area contributed by atoms with Crippen molar-refractivity contribution in [3.8, 4) is 0 Å².